The van der Waals surface area contributed by atoms with E-state index in [-0.39, 0.29) is 5.78 Å². The Morgan fingerprint density at radius 1 is 1.50 bits per heavy atom. The highest BCUT2D eigenvalue weighted by Gasteiger charge is 2.12. The van der Waals surface area contributed by atoms with Gasteiger partial charge in [0.15, 0.2) is 5.78 Å². The summed E-state index contributed by atoms with van der Waals surface area (Å²) in [6.07, 6.45) is 2.02. The molecular weight excluding hydrogens is 288 g/mol. The van der Waals surface area contributed by atoms with Crippen molar-refractivity contribution in [3.63, 3.8) is 0 Å². The van der Waals surface area contributed by atoms with Crippen molar-refractivity contribution in [1.29, 1.82) is 0 Å². The molecule has 0 radical (unpaired) electrons. The van der Waals surface area contributed by atoms with Gasteiger partial charge in [0.1, 0.15) is 5.01 Å². The van der Waals surface area contributed by atoms with E-state index < -0.39 is 0 Å². The number of thiazole rings is 1. The number of nitrogens with two attached hydrogens (primary N) is 1. The fraction of sp³-hybridized carbons (Fsp3) is 0.0909. The molecule has 2 rings (SSSR count). The van der Waals surface area contributed by atoms with Crippen LogP contribution in [0.1, 0.15) is 15.4 Å². The number of aromatic nitrogens is 1. The molecule has 5 heteroatoms. The average Bonchev–Trinajstić information content (AvgIpc) is 2.74. The quantitative estimate of drug-likeness (QED) is 0.700. The van der Waals surface area contributed by atoms with Crippen molar-refractivity contribution in [3.05, 3.63) is 44.8 Å². The zero-order chi connectivity index (χ0) is 11.5. The Labute approximate surface area is 105 Å². The maximum Gasteiger partial charge on any atom is 0.170 e. The monoisotopic (exact) mass is 296 g/mol. The van der Waals surface area contributed by atoms with Crippen LogP contribution in [0.15, 0.2) is 34.2 Å². The van der Waals surface area contributed by atoms with Gasteiger partial charge in [0, 0.05) is 27.3 Å². The number of ketones is 1. The number of nitrogens with zero attached hydrogens (tertiary/aromatic N) is 1. The van der Waals surface area contributed by atoms with Crippen LogP contribution in [0.25, 0.3) is 0 Å². The number of benzene rings is 1. The van der Waals surface area contributed by atoms with E-state index in [0.717, 1.165) is 9.48 Å². The van der Waals surface area contributed by atoms with Crippen LogP contribution in [0.3, 0.4) is 0 Å². The van der Waals surface area contributed by atoms with Crippen LogP contribution in [0.5, 0.6) is 0 Å². The van der Waals surface area contributed by atoms with Crippen molar-refractivity contribution in [1.82, 2.24) is 4.98 Å². The van der Waals surface area contributed by atoms with Crippen molar-refractivity contribution >= 4 is 38.7 Å². The number of halogens is 1. The SMILES string of the molecule is Nc1ccc(Br)c(C(=O)Cc2nccs2)c1. The smallest absolute Gasteiger partial charge is 0.170 e. The largest absolute Gasteiger partial charge is 0.399 e. The Bertz CT molecular complexity index is 511. The van der Waals surface area contributed by atoms with E-state index in [1.807, 2.05) is 5.38 Å². The number of hydrogen-bond donors (Lipinski definition) is 1. The van der Waals surface area contributed by atoms with E-state index in [4.69, 9.17) is 5.73 Å². The van der Waals surface area contributed by atoms with Crippen molar-refractivity contribution < 1.29 is 4.79 Å². The van der Waals surface area contributed by atoms with E-state index in [1.54, 1.807) is 24.4 Å². The molecule has 0 aliphatic heterocycles. The molecule has 0 aliphatic rings. The Kier molecular flexibility index (Phi) is 3.36. The number of Topliss-reactive ketones (excluding diaryl/α,β-unsaturated/α-hetero) is 1. The molecule has 82 valence electrons. The van der Waals surface area contributed by atoms with Crippen LogP contribution in [-0.2, 0) is 6.42 Å². The third-order valence-corrected chi connectivity index (χ3v) is 3.56. The highest BCUT2D eigenvalue weighted by atomic mass is 79.9. The molecule has 0 fully saturated rings. The highest BCUT2D eigenvalue weighted by molar-refractivity contribution is 9.10. The molecule has 0 aliphatic carbocycles. The normalized spacial score (nSPS) is 10.3. The zero-order valence-corrected chi connectivity index (χ0v) is 10.7. The molecule has 1 aromatic heterocycles. The third-order valence-electron chi connectivity index (χ3n) is 2.09. The molecule has 16 heavy (non-hydrogen) atoms. The van der Waals surface area contributed by atoms with E-state index >= 15 is 0 Å². The van der Waals surface area contributed by atoms with Crippen LogP contribution in [0, 0.1) is 0 Å². The summed E-state index contributed by atoms with van der Waals surface area (Å²) in [6.45, 7) is 0. The lowest BCUT2D eigenvalue weighted by atomic mass is 10.1. The molecule has 0 atom stereocenters. The maximum atomic E-state index is 12.0. The van der Waals surface area contributed by atoms with Gasteiger partial charge in [-0.2, -0.15) is 0 Å². The molecule has 0 saturated heterocycles. The number of carbonyl (C=O) groups is 1. The lowest BCUT2D eigenvalue weighted by Gasteiger charge is -2.03. The van der Waals surface area contributed by atoms with Crippen LogP contribution in [-0.4, -0.2) is 10.8 Å². The minimum Gasteiger partial charge on any atom is -0.399 e. The highest BCUT2D eigenvalue weighted by Crippen LogP contribution is 2.21. The average molecular weight is 297 g/mol. The van der Waals surface area contributed by atoms with Crippen molar-refractivity contribution in [2.75, 3.05) is 5.73 Å². The van der Waals surface area contributed by atoms with Gasteiger partial charge in [-0.15, -0.1) is 11.3 Å². The van der Waals surface area contributed by atoms with Gasteiger partial charge in [-0.05, 0) is 18.2 Å². The first-order chi connectivity index (χ1) is 7.66. The third kappa shape index (κ3) is 2.48. The van der Waals surface area contributed by atoms with Crippen LogP contribution in [0.4, 0.5) is 5.69 Å². The van der Waals surface area contributed by atoms with Gasteiger partial charge in [0.25, 0.3) is 0 Å². The molecule has 3 nitrogen and oxygen atoms in total. The van der Waals surface area contributed by atoms with E-state index in [2.05, 4.69) is 20.9 Å². The number of anilines is 1. The molecule has 0 spiro atoms. The molecular formula is C11H9BrN2OS. The Hall–Kier alpha value is -1.20. The van der Waals surface area contributed by atoms with Crippen LogP contribution < -0.4 is 5.73 Å². The molecule has 0 amide bonds. The number of nitrogen functional groups attached to an aromatic ring is 1. The maximum absolute atomic E-state index is 12.0. The fourth-order valence-corrected chi connectivity index (χ4v) is 2.41. The Morgan fingerprint density at radius 2 is 2.31 bits per heavy atom. The number of rotatable bonds is 3. The van der Waals surface area contributed by atoms with Gasteiger partial charge >= 0.3 is 0 Å². The van der Waals surface area contributed by atoms with Crippen LogP contribution in [0.2, 0.25) is 0 Å². The van der Waals surface area contributed by atoms with E-state index in [1.165, 1.54) is 11.3 Å². The fourth-order valence-electron chi connectivity index (χ4n) is 1.33. The molecule has 1 aromatic carbocycles. The topological polar surface area (TPSA) is 56.0 Å². The van der Waals surface area contributed by atoms with Crippen molar-refractivity contribution in [2.45, 2.75) is 6.42 Å². The van der Waals surface area contributed by atoms with E-state index in [0.29, 0.717) is 17.7 Å². The summed E-state index contributed by atoms with van der Waals surface area (Å²) in [6, 6.07) is 5.22. The summed E-state index contributed by atoms with van der Waals surface area (Å²) >= 11 is 4.82. The second kappa shape index (κ2) is 4.76. The second-order valence-electron chi connectivity index (χ2n) is 3.27. The van der Waals surface area contributed by atoms with Gasteiger partial charge in [0.05, 0.1) is 6.42 Å². The van der Waals surface area contributed by atoms with Crippen molar-refractivity contribution in [2.24, 2.45) is 0 Å². The molecule has 0 saturated carbocycles. The molecule has 2 aromatic rings. The molecule has 2 N–H and O–H groups in total. The first-order valence-corrected chi connectivity index (χ1v) is 6.30. The summed E-state index contributed by atoms with van der Waals surface area (Å²) in [5, 5.41) is 2.68. The molecule has 0 bridgehead atoms. The van der Waals surface area contributed by atoms with Gasteiger partial charge in [-0.25, -0.2) is 4.98 Å². The van der Waals surface area contributed by atoms with Gasteiger partial charge in [-0.3, -0.25) is 4.79 Å². The second-order valence-corrected chi connectivity index (χ2v) is 5.10. The summed E-state index contributed by atoms with van der Waals surface area (Å²) in [5.74, 6) is 0.0223. The standard InChI is InChI=1S/C11H9BrN2OS/c12-9-2-1-7(13)5-8(9)10(15)6-11-14-3-4-16-11/h1-5H,6,13H2. The van der Waals surface area contributed by atoms with Gasteiger partial charge < -0.3 is 5.73 Å². The lowest BCUT2D eigenvalue weighted by molar-refractivity contribution is 0.0992. The summed E-state index contributed by atoms with van der Waals surface area (Å²) < 4.78 is 0.767. The Balaban J connectivity index is 2.24. The lowest BCUT2D eigenvalue weighted by Crippen LogP contribution is -2.05. The van der Waals surface area contributed by atoms with Gasteiger partial charge in [0.2, 0.25) is 0 Å². The number of carbonyl (C=O) groups excluding carboxylic acids is 1. The van der Waals surface area contributed by atoms with Gasteiger partial charge in [-0.1, -0.05) is 15.9 Å². The molecule has 1 heterocycles. The first-order valence-electron chi connectivity index (χ1n) is 4.63. The number of hydrogen-bond acceptors (Lipinski definition) is 4. The summed E-state index contributed by atoms with van der Waals surface area (Å²) in [5.41, 5.74) is 6.85. The zero-order valence-electron chi connectivity index (χ0n) is 8.31. The van der Waals surface area contributed by atoms with Crippen molar-refractivity contribution in [3.8, 4) is 0 Å². The minimum atomic E-state index is 0.0223. The minimum absolute atomic E-state index is 0.0223. The first kappa shape index (κ1) is 11.3. The summed E-state index contributed by atoms with van der Waals surface area (Å²) in [7, 11) is 0. The predicted octanol–water partition coefficient (Wildman–Crippen LogP) is 2.91. The van der Waals surface area contributed by atoms with E-state index in [9.17, 15) is 4.79 Å². The van der Waals surface area contributed by atoms with Crippen LogP contribution >= 0.6 is 27.3 Å². The molecule has 0 unspecified atom stereocenters. The Morgan fingerprint density at radius 3 is 3.00 bits per heavy atom. The predicted molar refractivity (Wildman–Crippen MR) is 68.7 cm³/mol. The summed E-state index contributed by atoms with van der Waals surface area (Å²) in [4.78, 5) is 16.1.